The standard InChI is InChI=1S/C27H37F2N5O5S/c1-5-10-40-25-32-23(31-21-12-16(14-38-21)37-9-8-35)22(30)24(33-25)34(26(36)39-27(2,3)4)20-13-17(20)15-6-7-18(28)19(29)11-15/h6-7,11,16-17,20-21,35H,5,8-10,12-14,30H2,1-4H3,(H,31,32,33)/t16?,17-,20?,21?/m1/s1. The highest BCUT2D eigenvalue weighted by Gasteiger charge is 2.48. The van der Waals surface area contributed by atoms with Gasteiger partial charge >= 0.3 is 6.09 Å². The lowest BCUT2D eigenvalue weighted by molar-refractivity contribution is 0.0203. The first-order chi connectivity index (χ1) is 19.0. The second-order valence-electron chi connectivity index (χ2n) is 10.8. The van der Waals surface area contributed by atoms with Crippen LogP contribution in [0, 0.1) is 11.6 Å². The lowest BCUT2D eigenvalue weighted by Crippen LogP contribution is -2.40. The highest BCUT2D eigenvalue weighted by Crippen LogP contribution is 2.48. The number of rotatable bonds is 11. The Morgan fingerprint density at radius 1 is 1.27 bits per heavy atom. The van der Waals surface area contributed by atoms with Crippen molar-refractivity contribution in [3.63, 3.8) is 0 Å². The number of nitrogens with two attached hydrogens (primary N) is 1. The highest BCUT2D eigenvalue weighted by atomic mass is 32.2. The first-order valence-corrected chi connectivity index (χ1v) is 14.4. The number of benzene rings is 1. The van der Waals surface area contributed by atoms with Gasteiger partial charge in [0.15, 0.2) is 28.4 Å². The number of nitrogens with one attached hydrogen (secondary N) is 1. The number of halogens is 2. The summed E-state index contributed by atoms with van der Waals surface area (Å²) in [6, 6.07) is 3.31. The fraction of sp³-hybridized carbons (Fsp3) is 0.593. The number of carbonyl (C=O) groups excluding carboxylic acids is 1. The average molecular weight is 582 g/mol. The van der Waals surface area contributed by atoms with E-state index in [4.69, 9.17) is 25.1 Å². The van der Waals surface area contributed by atoms with Gasteiger partial charge in [-0.1, -0.05) is 24.8 Å². The lowest BCUT2D eigenvalue weighted by Gasteiger charge is -2.29. The van der Waals surface area contributed by atoms with Crippen molar-refractivity contribution >= 4 is 35.2 Å². The van der Waals surface area contributed by atoms with Gasteiger partial charge in [-0.2, -0.15) is 0 Å². The molecule has 1 saturated heterocycles. The van der Waals surface area contributed by atoms with E-state index in [2.05, 4.69) is 15.3 Å². The molecule has 1 saturated carbocycles. The van der Waals surface area contributed by atoms with Crippen LogP contribution < -0.4 is 16.0 Å². The van der Waals surface area contributed by atoms with Gasteiger partial charge in [-0.15, -0.1) is 0 Å². The number of ether oxygens (including phenoxy) is 3. The Kier molecular flexibility index (Phi) is 9.70. The van der Waals surface area contributed by atoms with Crippen LogP contribution in [-0.2, 0) is 14.2 Å². The van der Waals surface area contributed by atoms with Gasteiger partial charge in [0.25, 0.3) is 0 Å². The summed E-state index contributed by atoms with van der Waals surface area (Å²) in [6.45, 7) is 7.78. The zero-order valence-electron chi connectivity index (χ0n) is 23.2. The lowest BCUT2D eigenvalue weighted by atomic mass is 10.1. The smallest absolute Gasteiger partial charge is 0.416 e. The van der Waals surface area contributed by atoms with Crippen LogP contribution in [0.2, 0.25) is 0 Å². The molecule has 4 N–H and O–H groups in total. The van der Waals surface area contributed by atoms with E-state index < -0.39 is 35.6 Å². The molecule has 2 fully saturated rings. The zero-order valence-corrected chi connectivity index (χ0v) is 24.0. The molecule has 40 heavy (non-hydrogen) atoms. The third kappa shape index (κ3) is 7.50. The van der Waals surface area contributed by atoms with Crippen LogP contribution in [-0.4, -0.2) is 70.7 Å². The summed E-state index contributed by atoms with van der Waals surface area (Å²) >= 11 is 1.42. The average Bonchev–Trinajstić information content (AvgIpc) is 3.54. The first kappa shape index (κ1) is 30.2. The van der Waals surface area contributed by atoms with Gasteiger partial charge in [0, 0.05) is 24.1 Å². The monoisotopic (exact) mass is 581 g/mol. The maximum atomic E-state index is 14.0. The predicted octanol–water partition coefficient (Wildman–Crippen LogP) is 4.67. The van der Waals surface area contributed by atoms with E-state index in [0.717, 1.165) is 24.3 Å². The summed E-state index contributed by atoms with van der Waals surface area (Å²) in [5.41, 5.74) is 6.49. The molecule has 0 spiro atoms. The normalized spacial score (nSPS) is 22.3. The van der Waals surface area contributed by atoms with Crippen molar-refractivity contribution in [3.05, 3.63) is 35.4 Å². The Hall–Kier alpha value is -2.74. The maximum Gasteiger partial charge on any atom is 0.416 e. The number of nitrogens with zero attached hydrogens (tertiary/aromatic N) is 3. The number of nitrogen functional groups attached to an aromatic ring is 1. The molecule has 0 bridgehead atoms. The van der Waals surface area contributed by atoms with Crippen LogP contribution >= 0.6 is 11.8 Å². The van der Waals surface area contributed by atoms with Crippen LogP contribution in [0.4, 0.5) is 30.9 Å². The third-order valence-electron chi connectivity index (χ3n) is 6.32. The minimum atomic E-state index is -0.948. The van der Waals surface area contributed by atoms with E-state index in [1.54, 1.807) is 20.8 Å². The Morgan fingerprint density at radius 3 is 2.73 bits per heavy atom. The number of hydrogen-bond donors (Lipinski definition) is 3. The van der Waals surface area contributed by atoms with Crippen LogP contribution in [0.3, 0.4) is 0 Å². The second kappa shape index (κ2) is 12.8. The molecule has 2 aromatic rings. The van der Waals surface area contributed by atoms with E-state index >= 15 is 0 Å². The van der Waals surface area contributed by atoms with Gasteiger partial charge in [0.2, 0.25) is 0 Å². The fourth-order valence-electron chi connectivity index (χ4n) is 4.43. The molecular weight excluding hydrogens is 544 g/mol. The Bertz CT molecular complexity index is 1200. The largest absolute Gasteiger partial charge is 0.443 e. The number of hydrogen-bond acceptors (Lipinski definition) is 10. The molecular formula is C27H37F2N5O5S. The molecule has 4 rings (SSSR count). The Labute approximate surface area is 237 Å². The molecule has 13 heteroatoms. The van der Waals surface area contributed by atoms with Crippen molar-refractivity contribution in [3.8, 4) is 0 Å². The van der Waals surface area contributed by atoms with Crippen molar-refractivity contribution in [2.24, 2.45) is 0 Å². The molecule has 1 amide bonds. The van der Waals surface area contributed by atoms with Crippen LogP contribution in [0.5, 0.6) is 0 Å². The Morgan fingerprint density at radius 2 is 2.05 bits per heavy atom. The van der Waals surface area contributed by atoms with Gasteiger partial charge in [-0.05, 0) is 51.3 Å². The van der Waals surface area contributed by atoms with Gasteiger partial charge in [0.05, 0.1) is 25.9 Å². The number of aliphatic hydroxyl groups is 1. The van der Waals surface area contributed by atoms with Gasteiger partial charge in [-0.25, -0.2) is 23.5 Å². The number of aliphatic hydroxyl groups excluding tert-OH is 1. The fourth-order valence-corrected chi connectivity index (χ4v) is 5.13. The minimum Gasteiger partial charge on any atom is -0.443 e. The number of carbonyl (C=O) groups is 1. The van der Waals surface area contributed by atoms with Gasteiger partial charge in [0.1, 0.15) is 17.5 Å². The minimum absolute atomic E-state index is 0.0813. The molecule has 1 aliphatic carbocycles. The van der Waals surface area contributed by atoms with Crippen LogP contribution in [0.15, 0.2) is 23.4 Å². The van der Waals surface area contributed by atoms with Gasteiger partial charge in [-0.3, -0.25) is 4.90 Å². The Balaban J connectivity index is 1.67. The summed E-state index contributed by atoms with van der Waals surface area (Å²) < 4.78 is 44.7. The number of aromatic nitrogens is 2. The molecule has 1 aromatic heterocycles. The third-order valence-corrected chi connectivity index (χ3v) is 7.37. The van der Waals surface area contributed by atoms with E-state index in [0.29, 0.717) is 36.0 Å². The number of thioether (sulfide) groups is 1. The molecule has 1 aliphatic heterocycles. The summed E-state index contributed by atoms with van der Waals surface area (Å²) in [5.74, 6) is -0.926. The van der Waals surface area contributed by atoms with Crippen LogP contribution in [0.1, 0.15) is 58.4 Å². The van der Waals surface area contributed by atoms with Crippen molar-refractivity contribution in [1.82, 2.24) is 9.97 Å². The summed E-state index contributed by atoms with van der Waals surface area (Å²) in [7, 11) is 0. The molecule has 1 aromatic carbocycles. The molecule has 2 aliphatic rings. The van der Waals surface area contributed by atoms with Crippen molar-refractivity contribution < 1.29 is 32.9 Å². The summed E-state index contributed by atoms with van der Waals surface area (Å²) in [5, 5.41) is 12.7. The van der Waals surface area contributed by atoms with E-state index in [1.165, 1.54) is 22.7 Å². The molecule has 0 radical (unpaired) electrons. The molecule has 220 valence electrons. The molecule has 3 unspecified atom stereocenters. The SMILES string of the molecule is CCCSc1nc(NC2CC(OCCO)CO2)c(N)c(N(C(=O)OC(C)(C)C)C2C[C@@H]2c2ccc(F)c(F)c2)n1. The topological polar surface area (TPSA) is 132 Å². The second-order valence-corrected chi connectivity index (χ2v) is 11.9. The van der Waals surface area contributed by atoms with Crippen molar-refractivity contribution in [2.45, 2.75) is 82.0 Å². The van der Waals surface area contributed by atoms with E-state index in [9.17, 15) is 13.6 Å². The number of anilines is 3. The predicted molar refractivity (Wildman–Crippen MR) is 148 cm³/mol. The zero-order chi connectivity index (χ0) is 29.0. The quantitative estimate of drug-likeness (QED) is 0.254. The summed E-state index contributed by atoms with van der Waals surface area (Å²) in [4.78, 5) is 24.2. The highest BCUT2D eigenvalue weighted by molar-refractivity contribution is 7.99. The first-order valence-electron chi connectivity index (χ1n) is 13.4. The molecule has 10 nitrogen and oxygen atoms in total. The molecule has 2 heterocycles. The van der Waals surface area contributed by atoms with E-state index in [1.807, 2.05) is 6.92 Å². The van der Waals surface area contributed by atoms with E-state index in [-0.39, 0.29) is 36.7 Å². The van der Waals surface area contributed by atoms with Crippen LogP contribution in [0.25, 0.3) is 0 Å². The van der Waals surface area contributed by atoms with Gasteiger partial charge < -0.3 is 30.4 Å². The summed E-state index contributed by atoms with van der Waals surface area (Å²) in [6.07, 6.45) is 0.574. The van der Waals surface area contributed by atoms with Crippen molar-refractivity contribution in [2.75, 3.05) is 41.5 Å². The maximum absolute atomic E-state index is 14.0. The molecule has 4 atom stereocenters. The number of amides is 1. The van der Waals surface area contributed by atoms with Crippen molar-refractivity contribution in [1.29, 1.82) is 0 Å².